The van der Waals surface area contributed by atoms with Crippen molar-refractivity contribution >= 4 is 12.0 Å². The fourth-order valence-corrected chi connectivity index (χ4v) is 3.55. The average molecular weight is 374 g/mol. The fraction of sp³-hybridized carbons (Fsp3) is 0.609. The van der Waals surface area contributed by atoms with E-state index < -0.39 is 0 Å². The molecule has 0 unspecified atom stereocenters. The Bertz CT molecular complexity index is 606. The van der Waals surface area contributed by atoms with E-state index >= 15 is 0 Å². The van der Waals surface area contributed by atoms with E-state index in [2.05, 4.69) is 6.92 Å². The normalized spacial score (nSPS) is 15.1. The maximum absolute atomic E-state index is 12.4. The van der Waals surface area contributed by atoms with Crippen molar-refractivity contribution in [3.8, 4) is 11.5 Å². The molecule has 4 heteroatoms. The first kappa shape index (κ1) is 21.3. The van der Waals surface area contributed by atoms with E-state index in [0.29, 0.717) is 18.4 Å². The highest BCUT2D eigenvalue weighted by Crippen LogP contribution is 2.29. The molecule has 1 aromatic carbocycles. The summed E-state index contributed by atoms with van der Waals surface area (Å²) >= 11 is 0. The van der Waals surface area contributed by atoms with Crippen molar-refractivity contribution in [1.82, 2.24) is 4.90 Å². The van der Waals surface area contributed by atoms with Crippen LogP contribution in [0.25, 0.3) is 6.08 Å². The van der Waals surface area contributed by atoms with E-state index in [1.54, 1.807) is 13.2 Å². The van der Waals surface area contributed by atoms with Crippen LogP contribution in [-0.4, -0.2) is 37.6 Å². The Balaban J connectivity index is 1.91. The van der Waals surface area contributed by atoms with Gasteiger partial charge in [0.1, 0.15) is 0 Å². The van der Waals surface area contributed by atoms with E-state index in [9.17, 15) is 4.79 Å². The van der Waals surface area contributed by atoms with Gasteiger partial charge in [0.05, 0.1) is 13.7 Å². The smallest absolute Gasteiger partial charge is 0.246 e. The summed E-state index contributed by atoms with van der Waals surface area (Å²) in [4.78, 5) is 14.3. The average Bonchev–Trinajstić information content (AvgIpc) is 2.72. The van der Waals surface area contributed by atoms with Crippen LogP contribution in [0.2, 0.25) is 0 Å². The molecule has 1 aromatic rings. The van der Waals surface area contributed by atoms with Crippen molar-refractivity contribution in [3.05, 3.63) is 29.8 Å². The summed E-state index contributed by atoms with van der Waals surface area (Å²) in [6.45, 7) is 2.91. The summed E-state index contributed by atoms with van der Waals surface area (Å²) in [5, 5.41) is 0. The van der Waals surface area contributed by atoms with E-state index in [4.69, 9.17) is 9.47 Å². The van der Waals surface area contributed by atoms with E-state index in [-0.39, 0.29) is 5.91 Å². The highest BCUT2D eigenvalue weighted by Gasteiger charge is 2.20. The van der Waals surface area contributed by atoms with Crippen LogP contribution in [0.3, 0.4) is 0 Å². The molecule has 0 heterocycles. The molecule has 0 radical (unpaired) electrons. The van der Waals surface area contributed by atoms with Gasteiger partial charge < -0.3 is 14.4 Å². The lowest BCUT2D eigenvalue weighted by molar-refractivity contribution is -0.127. The zero-order valence-electron chi connectivity index (χ0n) is 17.2. The number of methoxy groups -OCH3 is 1. The van der Waals surface area contributed by atoms with Crippen LogP contribution < -0.4 is 9.47 Å². The van der Waals surface area contributed by atoms with Crippen molar-refractivity contribution in [1.29, 1.82) is 0 Å². The molecule has 150 valence electrons. The first-order chi connectivity index (χ1) is 13.2. The molecule has 0 aromatic heterocycles. The number of rotatable bonds is 10. The first-order valence-corrected chi connectivity index (χ1v) is 10.4. The van der Waals surface area contributed by atoms with Crippen LogP contribution >= 0.6 is 0 Å². The number of unbranched alkanes of at least 4 members (excludes halogenated alkanes) is 3. The second-order valence-electron chi connectivity index (χ2n) is 7.39. The number of amides is 1. The van der Waals surface area contributed by atoms with Crippen LogP contribution in [0.4, 0.5) is 0 Å². The van der Waals surface area contributed by atoms with Crippen LogP contribution in [0.1, 0.15) is 70.3 Å². The standard InChI is InChI=1S/C23H35NO3/c1-4-5-6-10-17-27-21-15-13-19(18-22(21)26-3)14-16-23(25)24(2)20-11-8-7-9-12-20/h13-16,18,20H,4-12,17H2,1-3H3/b16-14+. The molecule has 1 aliphatic rings. The minimum Gasteiger partial charge on any atom is -0.493 e. The largest absolute Gasteiger partial charge is 0.493 e. The van der Waals surface area contributed by atoms with Crippen LogP contribution in [0.5, 0.6) is 11.5 Å². The minimum absolute atomic E-state index is 0.0668. The van der Waals surface area contributed by atoms with Crippen molar-refractivity contribution in [2.75, 3.05) is 20.8 Å². The van der Waals surface area contributed by atoms with Crippen molar-refractivity contribution in [2.45, 2.75) is 70.8 Å². The third kappa shape index (κ3) is 6.93. The topological polar surface area (TPSA) is 38.8 Å². The monoisotopic (exact) mass is 373 g/mol. The number of carbonyl (C=O) groups excluding carboxylic acids is 1. The number of benzene rings is 1. The highest BCUT2D eigenvalue weighted by molar-refractivity contribution is 5.91. The lowest BCUT2D eigenvalue weighted by Crippen LogP contribution is -2.37. The fourth-order valence-electron chi connectivity index (χ4n) is 3.55. The van der Waals surface area contributed by atoms with E-state index in [1.807, 2.05) is 36.2 Å². The molecule has 0 N–H and O–H groups in total. The molecule has 0 saturated heterocycles. The highest BCUT2D eigenvalue weighted by atomic mass is 16.5. The minimum atomic E-state index is 0.0668. The Morgan fingerprint density at radius 3 is 2.63 bits per heavy atom. The molecule has 0 aliphatic heterocycles. The molecule has 4 nitrogen and oxygen atoms in total. The first-order valence-electron chi connectivity index (χ1n) is 10.4. The summed E-state index contributed by atoms with van der Waals surface area (Å²) in [5.74, 6) is 1.54. The number of carbonyl (C=O) groups is 1. The number of nitrogens with zero attached hydrogens (tertiary/aromatic N) is 1. The summed E-state index contributed by atoms with van der Waals surface area (Å²) in [5.41, 5.74) is 0.940. The number of ether oxygens (including phenoxy) is 2. The zero-order valence-corrected chi connectivity index (χ0v) is 17.2. The van der Waals surface area contributed by atoms with Crippen molar-refractivity contribution in [3.63, 3.8) is 0 Å². The molecule has 0 atom stereocenters. The maximum Gasteiger partial charge on any atom is 0.246 e. The predicted molar refractivity (Wildman–Crippen MR) is 111 cm³/mol. The zero-order chi connectivity index (χ0) is 19.5. The lowest BCUT2D eigenvalue weighted by atomic mass is 9.94. The molecule has 2 rings (SSSR count). The Morgan fingerprint density at radius 1 is 1.15 bits per heavy atom. The Kier molecular flexibility index (Phi) is 9.23. The third-order valence-electron chi connectivity index (χ3n) is 5.33. The Labute approximate surface area is 164 Å². The molecular formula is C23H35NO3. The molecule has 0 spiro atoms. The van der Waals surface area contributed by atoms with Crippen molar-refractivity contribution in [2.24, 2.45) is 0 Å². The quantitative estimate of drug-likeness (QED) is 0.404. The summed E-state index contributed by atoms with van der Waals surface area (Å²) < 4.78 is 11.3. The number of hydrogen-bond donors (Lipinski definition) is 0. The van der Waals surface area contributed by atoms with E-state index in [1.165, 1.54) is 38.5 Å². The van der Waals surface area contributed by atoms with Crippen LogP contribution in [0.15, 0.2) is 24.3 Å². The van der Waals surface area contributed by atoms with Gasteiger partial charge in [0.25, 0.3) is 0 Å². The summed E-state index contributed by atoms with van der Waals surface area (Å²) in [7, 11) is 3.56. The van der Waals surface area contributed by atoms with Gasteiger partial charge in [-0.3, -0.25) is 4.79 Å². The lowest BCUT2D eigenvalue weighted by Gasteiger charge is -2.30. The van der Waals surface area contributed by atoms with Gasteiger partial charge in [0, 0.05) is 19.2 Å². The van der Waals surface area contributed by atoms with Gasteiger partial charge in [-0.25, -0.2) is 0 Å². The predicted octanol–water partition coefficient (Wildman–Crippen LogP) is 5.46. The van der Waals surface area contributed by atoms with Crippen molar-refractivity contribution < 1.29 is 14.3 Å². The van der Waals surface area contributed by atoms with Gasteiger partial charge in [-0.15, -0.1) is 0 Å². The molecule has 27 heavy (non-hydrogen) atoms. The van der Waals surface area contributed by atoms with Crippen LogP contribution in [0, 0.1) is 0 Å². The van der Waals surface area contributed by atoms with Gasteiger partial charge in [0.15, 0.2) is 11.5 Å². The second-order valence-corrected chi connectivity index (χ2v) is 7.39. The second kappa shape index (κ2) is 11.7. The number of likely N-dealkylation sites (N-methyl/N-ethyl adjacent to an activating group) is 1. The maximum atomic E-state index is 12.4. The number of hydrogen-bond acceptors (Lipinski definition) is 3. The van der Waals surface area contributed by atoms with Gasteiger partial charge in [-0.2, -0.15) is 0 Å². The Morgan fingerprint density at radius 2 is 1.93 bits per heavy atom. The van der Waals surface area contributed by atoms with E-state index in [0.717, 1.165) is 30.6 Å². The molecule has 1 saturated carbocycles. The molecule has 0 bridgehead atoms. The van der Waals surface area contributed by atoms with Crippen LogP contribution in [-0.2, 0) is 4.79 Å². The van der Waals surface area contributed by atoms with Gasteiger partial charge >= 0.3 is 0 Å². The van der Waals surface area contributed by atoms with Gasteiger partial charge in [-0.05, 0) is 43.0 Å². The summed E-state index contributed by atoms with van der Waals surface area (Å²) in [6.07, 6.45) is 14.2. The Hall–Kier alpha value is -1.97. The summed E-state index contributed by atoms with van der Waals surface area (Å²) in [6, 6.07) is 6.20. The third-order valence-corrected chi connectivity index (χ3v) is 5.33. The van der Waals surface area contributed by atoms with Gasteiger partial charge in [-0.1, -0.05) is 51.5 Å². The SMILES string of the molecule is CCCCCCOc1ccc(/C=C/C(=O)N(C)C2CCCCC2)cc1OC. The van der Waals surface area contributed by atoms with Gasteiger partial charge in [0.2, 0.25) is 5.91 Å². The molecule has 1 fully saturated rings. The molecule has 1 amide bonds. The molecular weight excluding hydrogens is 338 g/mol. The molecule has 1 aliphatic carbocycles.